The van der Waals surface area contributed by atoms with Crippen LogP contribution in [0.5, 0.6) is 0 Å². The molecule has 0 aromatic heterocycles. The molecule has 0 spiro atoms. The lowest BCUT2D eigenvalue weighted by Crippen LogP contribution is -2.31. The fraction of sp³-hybridized carbons (Fsp3) is 0.500. The molecular formula is C14H17NO2. The number of anilines is 1. The first-order valence-corrected chi connectivity index (χ1v) is 6.38. The second-order valence-corrected chi connectivity index (χ2v) is 5.03. The van der Waals surface area contributed by atoms with E-state index in [-0.39, 0.29) is 0 Å². The molecule has 0 bridgehead atoms. The zero-order chi connectivity index (χ0) is 11.8. The standard InChI is InChI=1S/C14H17NO2/c16-14(17)11-6-5-10-7-8-15(13(10)9-11)12-3-1-2-4-12/h5-6,9,12H,1-4,7-8H2,(H,16,17). The van der Waals surface area contributed by atoms with Gasteiger partial charge in [-0.25, -0.2) is 4.79 Å². The molecule has 1 saturated carbocycles. The van der Waals surface area contributed by atoms with Crippen molar-refractivity contribution >= 4 is 11.7 Å². The predicted molar refractivity (Wildman–Crippen MR) is 66.7 cm³/mol. The number of nitrogens with zero attached hydrogens (tertiary/aromatic N) is 1. The SMILES string of the molecule is O=C(O)c1ccc2c(c1)N(C1CCCC1)CC2. The second-order valence-electron chi connectivity index (χ2n) is 5.03. The smallest absolute Gasteiger partial charge is 0.335 e. The van der Waals surface area contributed by atoms with E-state index in [1.165, 1.54) is 31.2 Å². The van der Waals surface area contributed by atoms with E-state index in [4.69, 9.17) is 5.11 Å². The van der Waals surface area contributed by atoms with Gasteiger partial charge in [-0.3, -0.25) is 0 Å². The van der Waals surface area contributed by atoms with Crippen LogP contribution in [0.2, 0.25) is 0 Å². The molecule has 1 aliphatic heterocycles. The van der Waals surface area contributed by atoms with Gasteiger partial charge < -0.3 is 10.0 Å². The minimum absolute atomic E-state index is 0.411. The van der Waals surface area contributed by atoms with Crippen LogP contribution in [-0.2, 0) is 6.42 Å². The number of carboxylic acid groups (broad SMARTS) is 1. The molecule has 1 aliphatic carbocycles. The van der Waals surface area contributed by atoms with E-state index in [1.54, 1.807) is 6.07 Å². The van der Waals surface area contributed by atoms with E-state index in [0.29, 0.717) is 11.6 Å². The van der Waals surface area contributed by atoms with E-state index in [1.807, 2.05) is 12.1 Å². The molecule has 0 unspecified atom stereocenters. The molecule has 3 rings (SSSR count). The van der Waals surface area contributed by atoms with Crippen molar-refractivity contribution in [1.82, 2.24) is 0 Å². The van der Waals surface area contributed by atoms with Crippen molar-refractivity contribution in [2.75, 3.05) is 11.4 Å². The number of carboxylic acids is 1. The van der Waals surface area contributed by atoms with Crippen LogP contribution in [0.1, 0.15) is 41.6 Å². The number of hydrogen-bond donors (Lipinski definition) is 1. The van der Waals surface area contributed by atoms with Gasteiger partial charge in [0.1, 0.15) is 0 Å². The maximum absolute atomic E-state index is 11.0. The summed E-state index contributed by atoms with van der Waals surface area (Å²) in [7, 11) is 0. The Balaban J connectivity index is 1.93. The topological polar surface area (TPSA) is 40.5 Å². The Labute approximate surface area is 101 Å². The summed E-state index contributed by atoms with van der Waals surface area (Å²) in [5, 5.41) is 9.05. The van der Waals surface area contributed by atoms with Crippen LogP contribution < -0.4 is 4.90 Å². The Bertz CT molecular complexity index is 450. The Kier molecular flexibility index (Phi) is 2.54. The van der Waals surface area contributed by atoms with Crippen LogP contribution in [-0.4, -0.2) is 23.7 Å². The fourth-order valence-electron chi connectivity index (χ4n) is 3.13. The highest BCUT2D eigenvalue weighted by Crippen LogP contribution is 2.35. The van der Waals surface area contributed by atoms with Gasteiger partial charge in [-0.15, -0.1) is 0 Å². The average Bonchev–Trinajstić information content (AvgIpc) is 2.96. The molecule has 0 saturated heterocycles. The summed E-state index contributed by atoms with van der Waals surface area (Å²) >= 11 is 0. The zero-order valence-electron chi connectivity index (χ0n) is 9.85. The third-order valence-electron chi connectivity index (χ3n) is 4.03. The summed E-state index contributed by atoms with van der Waals surface area (Å²) in [4.78, 5) is 13.4. The lowest BCUT2D eigenvalue weighted by Gasteiger charge is -2.27. The van der Waals surface area contributed by atoms with Crippen molar-refractivity contribution < 1.29 is 9.90 Å². The molecule has 1 fully saturated rings. The molecule has 3 heteroatoms. The highest BCUT2D eigenvalue weighted by Gasteiger charge is 2.28. The quantitative estimate of drug-likeness (QED) is 0.850. The lowest BCUT2D eigenvalue weighted by atomic mass is 10.1. The van der Waals surface area contributed by atoms with Gasteiger partial charge in [0.25, 0.3) is 0 Å². The summed E-state index contributed by atoms with van der Waals surface area (Å²) < 4.78 is 0. The molecule has 17 heavy (non-hydrogen) atoms. The van der Waals surface area contributed by atoms with Crippen LogP contribution >= 0.6 is 0 Å². The van der Waals surface area contributed by atoms with Gasteiger partial charge in [-0.2, -0.15) is 0 Å². The Morgan fingerprint density at radius 3 is 2.76 bits per heavy atom. The molecule has 90 valence electrons. The summed E-state index contributed by atoms with van der Waals surface area (Å²) in [6.07, 6.45) is 6.21. The van der Waals surface area contributed by atoms with Gasteiger partial charge in [0, 0.05) is 18.3 Å². The van der Waals surface area contributed by atoms with Crippen LogP contribution in [0.15, 0.2) is 18.2 Å². The van der Waals surface area contributed by atoms with Gasteiger partial charge in [-0.05, 0) is 37.0 Å². The molecule has 1 N–H and O–H groups in total. The summed E-state index contributed by atoms with van der Waals surface area (Å²) in [5.41, 5.74) is 2.88. The minimum atomic E-state index is -0.828. The normalized spacial score (nSPS) is 19.6. The number of hydrogen-bond acceptors (Lipinski definition) is 2. The minimum Gasteiger partial charge on any atom is -0.478 e. The Morgan fingerprint density at radius 2 is 2.06 bits per heavy atom. The van der Waals surface area contributed by atoms with Gasteiger partial charge in [0.15, 0.2) is 0 Å². The molecule has 1 aromatic carbocycles. The van der Waals surface area contributed by atoms with Crippen molar-refractivity contribution in [2.45, 2.75) is 38.1 Å². The molecular weight excluding hydrogens is 214 g/mol. The van der Waals surface area contributed by atoms with E-state index >= 15 is 0 Å². The van der Waals surface area contributed by atoms with Crippen molar-refractivity contribution in [3.8, 4) is 0 Å². The summed E-state index contributed by atoms with van der Waals surface area (Å²) in [6.45, 7) is 1.06. The average molecular weight is 231 g/mol. The van der Waals surface area contributed by atoms with E-state index in [2.05, 4.69) is 4.90 Å². The highest BCUT2D eigenvalue weighted by atomic mass is 16.4. The van der Waals surface area contributed by atoms with Gasteiger partial charge in [0.05, 0.1) is 5.56 Å². The molecule has 3 nitrogen and oxygen atoms in total. The maximum atomic E-state index is 11.0. The zero-order valence-corrected chi connectivity index (χ0v) is 9.85. The van der Waals surface area contributed by atoms with E-state index in [0.717, 1.165) is 18.7 Å². The number of carbonyl (C=O) groups is 1. The van der Waals surface area contributed by atoms with E-state index < -0.39 is 5.97 Å². The third kappa shape index (κ3) is 1.79. The molecule has 0 amide bonds. The number of aromatic carboxylic acids is 1. The molecule has 0 radical (unpaired) electrons. The maximum Gasteiger partial charge on any atom is 0.335 e. The van der Waals surface area contributed by atoms with Crippen molar-refractivity contribution in [3.05, 3.63) is 29.3 Å². The predicted octanol–water partition coefficient (Wildman–Crippen LogP) is 2.69. The number of rotatable bonds is 2. The van der Waals surface area contributed by atoms with Crippen LogP contribution in [0.3, 0.4) is 0 Å². The molecule has 2 aliphatic rings. The van der Waals surface area contributed by atoms with Crippen LogP contribution in [0, 0.1) is 0 Å². The monoisotopic (exact) mass is 231 g/mol. The largest absolute Gasteiger partial charge is 0.478 e. The molecule has 1 aromatic rings. The first-order chi connectivity index (χ1) is 8.25. The summed E-state index contributed by atoms with van der Waals surface area (Å²) in [5.74, 6) is -0.828. The van der Waals surface area contributed by atoms with Crippen molar-refractivity contribution in [1.29, 1.82) is 0 Å². The number of benzene rings is 1. The molecule has 1 heterocycles. The molecule has 0 atom stereocenters. The number of fused-ring (bicyclic) bond motifs is 1. The third-order valence-corrected chi connectivity index (χ3v) is 4.03. The van der Waals surface area contributed by atoms with Crippen molar-refractivity contribution in [3.63, 3.8) is 0 Å². The Morgan fingerprint density at radius 1 is 1.29 bits per heavy atom. The van der Waals surface area contributed by atoms with Crippen LogP contribution in [0.25, 0.3) is 0 Å². The first-order valence-electron chi connectivity index (χ1n) is 6.38. The Hall–Kier alpha value is -1.51. The first kappa shape index (κ1) is 10.6. The fourth-order valence-corrected chi connectivity index (χ4v) is 3.13. The second kappa shape index (κ2) is 4.06. The highest BCUT2D eigenvalue weighted by molar-refractivity contribution is 5.89. The van der Waals surface area contributed by atoms with Gasteiger partial charge in [-0.1, -0.05) is 18.9 Å². The van der Waals surface area contributed by atoms with E-state index in [9.17, 15) is 4.79 Å². The van der Waals surface area contributed by atoms with Crippen molar-refractivity contribution in [2.24, 2.45) is 0 Å². The lowest BCUT2D eigenvalue weighted by molar-refractivity contribution is 0.0697. The van der Waals surface area contributed by atoms with Crippen LogP contribution in [0.4, 0.5) is 5.69 Å². The van der Waals surface area contributed by atoms with Gasteiger partial charge in [0.2, 0.25) is 0 Å². The van der Waals surface area contributed by atoms with Gasteiger partial charge >= 0.3 is 5.97 Å². The summed E-state index contributed by atoms with van der Waals surface area (Å²) in [6, 6.07) is 6.19.